The van der Waals surface area contributed by atoms with Gasteiger partial charge in [0.2, 0.25) is 5.91 Å². The van der Waals surface area contributed by atoms with E-state index in [1.807, 2.05) is 20.2 Å². The Morgan fingerprint density at radius 3 is 2.79 bits per heavy atom. The van der Waals surface area contributed by atoms with Gasteiger partial charge in [-0.2, -0.15) is 5.10 Å². The van der Waals surface area contributed by atoms with Gasteiger partial charge in [0, 0.05) is 66.8 Å². The molecule has 0 saturated heterocycles. The average Bonchev–Trinajstić information content (AvgIpc) is 3.39. The SMILES string of the molecule is Cc1ccncc1-c1cc2cc(NC(=O)C3C(CO)C3c3cnn(C)c3)ncc2c(N)c1F. The third-order valence-corrected chi connectivity index (χ3v) is 6.37. The molecule has 0 spiro atoms. The number of nitrogens with zero attached hydrogens (tertiary/aromatic N) is 4. The number of carbonyl (C=O) groups is 1. The number of benzene rings is 1. The van der Waals surface area contributed by atoms with E-state index in [2.05, 4.69) is 20.4 Å². The summed E-state index contributed by atoms with van der Waals surface area (Å²) in [5.74, 6) is -1.05. The summed E-state index contributed by atoms with van der Waals surface area (Å²) in [7, 11) is 1.81. The fourth-order valence-corrected chi connectivity index (χ4v) is 4.54. The summed E-state index contributed by atoms with van der Waals surface area (Å²) < 4.78 is 16.7. The molecule has 1 amide bonds. The third-order valence-electron chi connectivity index (χ3n) is 6.37. The molecule has 0 radical (unpaired) electrons. The number of hydrogen-bond acceptors (Lipinski definition) is 6. The summed E-state index contributed by atoms with van der Waals surface area (Å²) in [4.78, 5) is 21.3. The molecule has 0 bridgehead atoms. The Morgan fingerprint density at radius 1 is 1.27 bits per heavy atom. The Labute approximate surface area is 189 Å². The molecule has 5 rings (SSSR count). The van der Waals surface area contributed by atoms with E-state index in [9.17, 15) is 9.90 Å². The topological polar surface area (TPSA) is 119 Å². The fraction of sp³-hybridized carbons (Fsp3) is 0.250. The van der Waals surface area contributed by atoms with E-state index >= 15 is 4.39 Å². The first-order chi connectivity index (χ1) is 15.9. The molecule has 3 aromatic heterocycles. The second-order valence-electron chi connectivity index (χ2n) is 8.47. The first-order valence-electron chi connectivity index (χ1n) is 10.6. The van der Waals surface area contributed by atoms with Crippen molar-refractivity contribution in [2.45, 2.75) is 12.8 Å². The second-order valence-corrected chi connectivity index (χ2v) is 8.47. The number of nitrogens with one attached hydrogen (secondary N) is 1. The van der Waals surface area contributed by atoms with Crippen molar-refractivity contribution in [3.63, 3.8) is 0 Å². The van der Waals surface area contributed by atoms with Gasteiger partial charge in [-0.3, -0.25) is 14.5 Å². The summed E-state index contributed by atoms with van der Waals surface area (Å²) in [6.45, 7) is 1.79. The van der Waals surface area contributed by atoms with Gasteiger partial charge < -0.3 is 16.2 Å². The van der Waals surface area contributed by atoms with E-state index in [1.165, 1.54) is 6.20 Å². The van der Waals surface area contributed by atoms with Gasteiger partial charge in [0.05, 0.1) is 17.8 Å². The zero-order valence-corrected chi connectivity index (χ0v) is 18.2. The molecule has 0 aliphatic heterocycles. The zero-order valence-electron chi connectivity index (χ0n) is 18.2. The first kappa shape index (κ1) is 21.0. The molecule has 33 heavy (non-hydrogen) atoms. The fourth-order valence-electron chi connectivity index (χ4n) is 4.54. The monoisotopic (exact) mass is 446 g/mol. The van der Waals surface area contributed by atoms with Crippen molar-refractivity contribution in [3.8, 4) is 11.1 Å². The van der Waals surface area contributed by atoms with Gasteiger partial charge in [0.25, 0.3) is 0 Å². The molecule has 3 heterocycles. The van der Waals surface area contributed by atoms with Crippen LogP contribution in [0.15, 0.2) is 49.2 Å². The van der Waals surface area contributed by atoms with Gasteiger partial charge in [0.15, 0.2) is 5.82 Å². The van der Waals surface area contributed by atoms with Crippen molar-refractivity contribution in [2.75, 3.05) is 17.7 Å². The largest absolute Gasteiger partial charge is 0.396 e. The van der Waals surface area contributed by atoms with Crippen molar-refractivity contribution in [2.24, 2.45) is 18.9 Å². The lowest BCUT2D eigenvalue weighted by molar-refractivity contribution is -0.117. The maximum atomic E-state index is 15.0. The van der Waals surface area contributed by atoms with Crippen LogP contribution in [-0.4, -0.2) is 37.4 Å². The summed E-state index contributed by atoms with van der Waals surface area (Å²) in [5, 5.41) is 17.8. The summed E-state index contributed by atoms with van der Waals surface area (Å²) in [5.41, 5.74) is 8.85. The van der Waals surface area contributed by atoms with Crippen molar-refractivity contribution < 1.29 is 14.3 Å². The highest BCUT2D eigenvalue weighted by Crippen LogP contribution is 2.54. The van der Waals surface area contributed by atoms with Gasteiger partial charge >= 0.3 is 0 Å². The number of hydrogen-bond donors (Lipinski definition) is 3. The predicted molar refractivity (Wildman–Crippen MR) is 123 cm³/mol. The first-order valence-corrected chi connectivity index (χ1v) is 10.6. The summed E-state index contributed by atoms with van der Waals surface area (Å²) >= 11 is 0. The number of amides is 1. The van der Waals surface area contributed by atoms with E-state index < -0.39 is 5.82 Å². The smallest absolute Gasteiger partial charge is 0.229 e. The quantitative estimate of drug-likeness (QED) is 0.406. The van der Waals surface area contributed by atoms with Gasteiger partial charge in [-0.15, -0.1) is 0 Å². The van der Waals surface area contributed by atoms with Crippen LogP contribution in [0.2, 0.25) is 0 Å². The molecule has 1 aliphatic rings. The lowest BCUT2D eigenvalue weighted by Crippen LogP contribution is -2.17. The minimum Gasteiger partial charge on any atom is -0.396 e. The van der Waals surface area contributed by atoms with Crippen LogP contribution < -0.4 is 11.1 Å². The highest BCUT2D eigenvalue weighted by molar-refractivity contribution is 6.00. The zero-order chi connectivity index (χ0) is 23.3. The molecule has 3 atom stereocenters. The Hall–Kier alpha value is -3.85. The van der Waals surface area contributed by atoms with Gasteiger partial charge in [0.1, 0.15) is 5.82 Å². The van der Waals surface area contributed by atoms with Gasteiger partial charge in [-0.1, -0.05) is 0 Å². The normalized spacial score (nSPS) is 19.6. The maximum Gasteiger partial charge on any atom is 0.229 e. The molecule has 1 aromatic carbocycles. The molecular formula is C24H23FN6O2. The molecular weight excluding hydrogens is 423 g/mol. The molecule has 1 aliphatic carbocycles. The molecule has 4 aromatic rings. The Morgan fingerprint density at radius 2 is 2.09 bits per heavy atom. The molecule has 1 saturated carbocycles. The van der Waals surface area contributed by atoms with Crippen LogP contribution in [-0.2, 0) is 11.8 Å². The van der Waals surface area contributed by atoms with E-state index in [0.29, 0.717) is 27.7 Å². The molecule has 1 fully saturated rings. The van der Waals surface area contributed by atoms with Crippen molar-refractivity contribution >= 4 is 28.2 Å². The number of aromatic nitrogens is 4. The molecule has 3 unspecified atom stereocenters. The lowest BCUT2D eigenvalue weighted by atomic mass is 9.98. The van der Waals surface area contributed by atoms with Crippen molar-refractivity contribution in [3.05, 3.63) is 66.1 Å². The molecule has 168 valence electrons. The van der Waals surface area contributed by atoms with Gasteiger partial charge in [-0.25, -0.2) is 9.37 Å². The molecule has 9 heteroatoms. The number of halogens is 1. The van der Waals surface area contributed by atoms with Crippen molar-refractivity contribution in [1.29, 1.82) is 0 Å². The number of nitrogen functional groups attached to an aromatic ring is 1. The van der Waals surface area contributed by atoms with E-state index in [1.54, 1.807) is 41.5 Å². The Kier molecular flexibility index (Phi) is 5.05. The van der Waals surface area contributed by atoms with E-state index in [-0.39, 0.29) is 36.0 Å². The van der Waals surface area contributed by atoms with Crippen LogP contribution in [0, 0.1) is 24.6 Å². The highest BCUT2D eigenvalue weighted by Gasteiger charge is 2.55. The minimum absolute atomic E-state index is 0.00434. The Balaban J connectivity index is 1.45. The number of aliphatic hydroxyl groups excluding tert-OH is 1. The molecule has 8 nitrogen and oxygen atoms in total. The van der Waals surface area contributed by atoms with E-state index in [0.717, 1.165) is 11.1 Å². The average molecular weight is 446 g/mol. The standard InChI is InChI=1S/C24H23FN6O2/c1-12-3-4-27-8-16(12)15-5-13-6-19(28-9-17(13)23(26)22(15)25)30-24(33)21-18(11-32)20(21)14-7-29-31(2)10-14/h3-10,18,20-21,32H,11,26H2,1-2H3,(H,28,30,33). The number of carbonyl (C=O) groups excluding carboxylic acids is 1. The number of pyridine rings is 2. The number of nitrogens with two attached hydrogens (primary N) is 1. The van der Waals surface area contributed by atoms with Crippen LogP contribution in [0.5, 0.6) is 0 Å². The maximum absolute atomic E-state index is 15.0. The Bertz CT molecular complexity index is 1380. The predicted octanol–water partition coefficient (Wildman–Crippen LogP) is 3.02. The lowest BCUT2D eigenvalue weighted by Gasteiger charge is -2.12. The third kappa shape index (κ3) is 3.60. The number of rotatable bonds is 5. The van der Waals surface area contributed by atoms with Crippen LogP contribution in [0.25, 0.3) is 21.9 Å². The highest BCUT2D eigenvalue weighted by atomic mass is 19.1. The van der Waals surface area contributed by atoms with Crippen LogP contribution in [0.1, 0.15) is 17.0 Å². The second kappa shape index (κ2) is 7.93. The minimum atomic E-state index is -0.528. The van der Waals surface area contributed by atoms with Crippen LogP contribution in [0.4, 0.5) is 15.9 Å². The number of fused-ring (bicyclic) bond motifs is 1. The number of anilines is 2. The van der Waals surface area contributed by atoms with Crippen LogP contribution >= 0.6 is 0 Å². The summed E-state index contributed by atoms with van der Waals surface area (Å²) in [6.07, 6.45) is 8.28. The van der Waals surface area contributed by atoms with E-state index in [4.69, 9.17) is 5.73 Å². The van der Waals surface area contributed by atoms with Gasteiger partial charge in [-0.05, 0) is 41.6 Å². The van der Waals surface area contributed by atoms with Crippen LogP contribution in [0.3, 0.4) is 0 Å². The number of aliphatic hydroxyl groups is 1. The molecule has 4 N–H and O–H groups in total. The van der Waals surface area contributed by atoms with Crippen molar-refractivity contribution in [1.82, 2.24) is 19.7 Å². The number of aryl methyl sites for hydroxylation is 2. The summed E-state index contributed by atoms with van der Waals surface area (Å²) in [6, 6.07) is 5.17.